The van der Waals surface area contributed by atoms with E-state index in [0.29, 0.717) is 42.9 Å². The Bertz CT molecular complexity index is 782. The first kappa shape index (κ1) is 17.8. The number of carbonyl (C=O) groups is 1. The molecule has 1 fully saturated rings. The number of rotatable bonds is 3. The molecule has 0 radical (unpaired) electrons. The van der Waals surface area contributed by atoms with E-state index in [1.165, 1.54) is 23.8 Å². The monoisotopic (exact) mass is 359 g/mol. The minimum absolute atomic E-state index is 0.0145. The number of phenols is 1. The summed E-state index contributed by atoms with van der Waals surface area (Å²) in [4.78, 5) is 14.3. The van der Waals surface area contributed by atoms with E-state index in [2.05, 4.69) is 6.07 Å². The first-order valence-corrected chi connectivity index (χ1v) is 8.80. The molecule has 1 aliphatic rings. The van der Waals surface area contributed by atoms with Crippen molar-refractivity contribution in [1.82, 2.24) is 4.90 Å². The van der Waals surface area contributed by atoms with Crippen LogP contribution in [0, 0.1) is 6.92 Å². The van der Waals surface area contributed by atoms with E-state index in [-0.39, 0.29) is 11.7 Å². The van der Waals surface area contributed by atoms with E-state index < -0.39 is 5.60 Å². The van der Waals surface area contributed by atoms with Crippen LogP contribution >= 0.6 is 11.6 Å². The summed E-state index contributed by atoms with van der Waals surface area (Å²) in [6.45, 7) is 2.97. The second-order valence-electron chi connectivity index (χ2n) is 6.85. The topological polar surface area (TPSA) is 60.8 Å². The number of aromatic hydroxyl groups is 1. The van der Waals surface area contributed by atoms with Crippen molar-refractivity contribution >= 4 is 17.5 Å². The molecule has 0 bridgehead atoms. The zero-order valence-corrected chi connectivity index (χ0v) is 15.0. The number of phenolic OH excluding ortho intramolecular Hbond substituents is 1. The highest BCUT2D eigenvalue weighted by molar-refractivity contribution is 6.33. The summed E-state index contributed by atoms with van der Waals surface area (Å²) in [5, 5.41) is 20.8. The van der Waals surface area contributed by atoms with Crippen LogP contribution < -0.4 is 0 Å². The first-order valence-electron chi connectivity index (χ1n) is 8.42. The van der Waals surface area contributed by atoms with E-state index in [0.717, 1.165) is 5.56 Å². The molecule has 2 aromatic rings. The van der Waals surface area contributed by atoms with Gasteiger partial charge in [-0.2, -0.15) is 0 Å². The van der Waals surface area contributed by atoms with Crippen molar-refractivity contribution < 1.29 is 15.0 Å². The van der Waals surface area contributed by atoms with Gasteiger partial charge < -0.3 is 15.1 Å². The number of piperidine rings is 1. The van der Waals surface area contributed by atoms with E-state index in [9.17, 15) is 15.0 Å². The number of hydrogen-bond acceptors (Lipinski definition) is 3. The number of likely N-dealkylation sites (tertiary alicyclic amines) is 1. The maximum absolute atomic E-state index is 12.6. The molecule has 2 aromatic carbocycles. The average Bonchev–Trinajstić information content (AvgIpc) is 2.57. The zero-order valence-electron chi connectivity index (χ0n) is 14.2. The number of aliphatic hydroxyl groups is 1. The van der Waals surface area contributed by atoms with Crippen molar-refractivity contribution in [2.45, 2.75) is 31.8 Å². The summed E-state index contributed by atoms with van der Waals surface area (Å²) in [5.41, 5.74) is 1.78. The zero-order chi connectivity index (χ0) is 18.0. The molecule has 0 aromatic heterocycles. The van der Waals surface area contributed by atoms with Crippen LogP contribution in [0.1, 0.15) is 34.3 Å². The first-order chi connectivity index (χ1) is 11.9. The van der Waals surface area contributed by atoms with Gasteiger partial charge in [0.05, 0.1) is 16.2 Å². The normalized spacial score (nSPS) is 16.7. The molecule has 1 heterocycles. The van der Waals surface area contributed by atoms with Crippen LogP contribution in [0.4, 0.5) is 0 Å². The van der Waals surface area contributed by atoms with Crippen LogP contribution in [-0.2, 0) is 6.42 Å². The van der Waals surface area contributed by atoms with Crippen LogP contribution in [0.3, 0.4) is 0 Å². The Kier molecular flexibility index (Phi) is 5.02. The van der Waals surface area contributed by atoms with Crippen molar-refractivity contribution in [1.29, 1.82) is 0 Å². The quantitative estimate of drug-likeness (QED) is 0.880. The molecule has 132 valence electrons. The summed E-state index contributed by atoms with van der Waals surface area (Å²) in [7, 11) is 0. The Hall–Kier alpha value is -2.04. The molecule has 1 saturated heterocycles. The third-order valence-electron chi connectivity index (χ3n) is 4.78. The number of amides is 1. The molecule has 0 spiro atoms. The number of aryl methyl sites for hydroxylation is 1. The number of nitrogens with zero attached hydrogens (tertiary/aromatic N) is 1. The molecule has 25 heavy (non-hydrogen) atoms. The smallest absolute Gasteiger partial charge is 0.255 e. The molecule has 0 saturated carbocycles. The Morgan fingerprint density at radius 1 is 1.20 bits per heavy atom. The van der Waals surface area contributed by atoms with Crippen molar-refractivity contribution in [2.24, 2.45) is 0 Å². The fourth-order valence-electron chi connectivity index (χ4n) is 3.35. The molecule has 1 amide bonds. The maximum Gasteiger partial charge on any atom is 0.255 e. The van der Waals surface area contributed by atoms with E-state index in [1.54, 1.807) is 4.90 Å². The Morgan fingerprint density at radius 3 is 2.60 bits per heavy atom. The summed E-state index contributed by atoms with van der Waals surface area (Å²) < 4.78 is 0. The van der Waals surface area contributed by atoms with Crippen LogP contribution in [0.25, 0.3) is 0 Å². The molecule has 4 nitrogen and oxygen atoms in total. The van der Waals surface area contributed by atoms with Gasteiger partial charge in [-0.05, 0) is 43.5 Å². The molecule has 0 atom stereocenters. The predicted molar refractivity (Wildman–Crippen MR) is 98.1 cm³/mol. The van der Waals surface area contributed by atoms with Gasteiger partial charge in [-0.3, -0.25) is 4.79 Å². The predicted octanol–water partition coefficient (Wildman–Crippen LogP) is 3.56. The van der Waals surface area contributed by atoms with E-state index >= 15 is 0 Å². The van der Waals surface area contributed by atoms with Gasteiger partial charge in [-0.15, -0.1) is 0 Å². The highest BCUT2D eigenvalue weighted by atomic mass is 35.5. The van der Waals surface area contributed by atoms with Crippen LogP contribution in [0.15, 0.2) is 42.5 Å². The van der Waals surface area contributed by atoms with Gasteiger partial charge in [0.25, 0.3) is 5.91 Å². The molecule has 1 aliphatic heterocycles. The molecule has 2 N–H and O–H groups in total. The Balaban J connectivity index is 1.66. The van der Waals surface area contributed by atoms with Gasteiger partial charge in [0.2, 0.25) is 0 Å². The number of hydrogen-bond donors (Lipinski definition) is 2. The summed E-state index contributed by atoms with van der Waals surface area (Å²) in [6, 6.07) is 12.5. The summed E-state index contributed by atoms with van der Waals surface area (Å²) in [5.74, 6) is -0.195. The van der Waals surface area contributed by atoms with Crippen molar-refractivity contribution in [3.63, 3.8) is 0 Å². The number of carbonyl (C=O) groups excluding carboxylic acids is 1. The van der Waals surface area contributed by atoms with Gasteiger partial charge in [0, 0.05) is 19.5 Å². The lowest BCUT2D eigenvalue weighted by Crippen LogP contribution is -2.47. The van der Waals surface area contributed by atoms with E-state index in [1.807, 2.05) is 25.1 Å². The minimum atomic E-state index is -0.798. The number of halogens is 1. The SMILES string of the molecule is Cc1cccc(CC2(O)CCN(C(=O)c3cc(O)ccc3Cl)CC2)c1. The Labute approximate surface area is 152 Å². The minimum Gasteiger partial charge on any atom is -0.508 e. The lowest BCUT2D eigenvalue weighted by atomic mass is 9.85. The molecular formula is C20H22ClNO3. The third kappa shape index (κ3) is 4.14. The number of benzene rings is 2. The van der Waals surface area contributed by atoms with Crippen LogP contribution in [0.5, 0.6) is 5.75 Å². The third-order valence-corrected chi connectivity index (χ3v) is 5.11. The van der Waals surface area contributed by atoms with Crippen molar-refractivity contribution in [2.75, 3.05) is 13.1 Å². The van der Waals surface area contributed by atoms with Crippen LogP contribution in [0.2, 0.25) is 5.02 Å². The molecule has 3 rings (SSSR count). The maximum atomic E-state index is 12.6. The molecular weight excluding hydrogens is 338 g/mol. The molecule has 5 heteroatoms. The lowest BCUT2D eigenvalue weighted by molar-refractivity contribution is -0.0162. The average molecular weight is 360 g/mol. The summed E-state index contributed by atoms with van der Waals surface area (Å²) in [6.07, 6.45) is 1.62. The largest absolute Gasteiger partial charge is 0.508 e. The second kappa shape index (κ2) is 7.06. The van der Waals surface area contributed by atoms with Gasteiger partial charge in [0.1, 0.15) is 5.75 Å². The second-order valence-corrected chi connectivity index (χ2v) is 7.25. The fourth-order valence-corrected chi connectivity index (χ4v) is 3.55. The van der Waals surface area contributed by atoms with Gasteiger partial charge in [-0.1, -0.05) is 41.4 Å². The van der Waals surface area contributed by atoms with Crippen LogP contribution in [-0.4, -0.2) is 39.7 Å². The highest BCUT2D eigenvalue weighted by Crippen LogP contribution is 2.29. The highest BCUT2D eigenvalue weighted by Gasteiger charge is 2.34. The molecule has 0 unspecified atom stereocenters. The van der Waals surface area contributed by atoms with Crippen molar-refractivity contribution in [3.05, 3.63) is 64.2 Å². The standard InChI is InChI=1S/C20H22ClNO3/c1-14-3-2-4-15(11-14)13-20(25)7-9-22(10-8-20)19(24)17-12-16(23)5-6-18(17)21/h2-6,11-12,23,25H,7-10,13H2,1H3. The molecule has 0 aliphatic carbocycles. The lowest BCUT2D eigenvalue weighted by Gasteiger charge is -2.38. The summed E-state index contributed by atoms with van der Waals surface area (Å²) >= 11 is 6.08. The Morgan fingerprint density at radius 2 is 1.92 bits per heavy atom. The van der Waals surface area contributed by atoms with Gasteiger partial charge >= 0.3 is 0 Å². The van der Waals surface area contributed by atoms with Gasteiger partial charge in [-0.25, -0.2) is 0 Å². The van der Waals surface area contributed by atoms with Crippen molar-refractivity contribution in [3.8, 4) is 5.75 Å². The fraction of sp³-hybridized carbons (Fsp3) is 0.350. The van der Waals surface area contributed by atoms with E-state index in [4.69, 9.17) is 11.6 Å². The van der Waals surface area contributed by atoms with Gasteiger partial charge in [0.15, 0.2) is 0 Å².